The first kappa shape index (κ1) is 17.6. The van der Waals surface area contributed by atoms with Crippen molar-refractivity contribution in [2.75, 3.05) is 12.0 Å². The molecule has 0 unspecified atom stereocenters. The van der Waals surface area contributed by atoms with Crippen molar-refractivity contribution in [1.29, 1.82) is 0 Å². The van der Waals surface area contributed by atoms with Gasteiger partial charge in [-0.1, -0.05) is 29.3 Å². The fourth-order valence-corrected chi connectivity index (χ4v) is 3.87. The highest BCUT2D eigenvalue weighted by atomic mass is 35.5. The predicted molar refractivity (Wildman–Crippen MR) is 81.2 cm³/mol. The summed E-state index contributed by atoms with van der Waals surface area (Å²) in [6.45, 7) is 0. The van der Waals surface area contributed by atoms with E-state index < -0.39 is 22.0 Å². The Kier molecular flexibility index (Phi) is 6.60. The van der Waals surface area contributed by atoms with Crippen molar-refractivity contribution in [1.82, 2.24) is 4.72 Å². The van der Waals surface area contributed by atoms with Crippen molar-refractivity contribution in [3.8, 4) is 0 Å². The summed E-state index contributed by atoms with van der Waals surface area (Å²) in [5.41, 5.74) is 0. The van der Waals surface area contributed by atoms with Gasteiger partial charge in [-0.25, -0.2) is 8.42 Å². The summed E-state index contributed by atoms with van der Waals surface area (Å²) < 4.78 is 26.4. The summed E-state index contributed by atoms with van der Waals surface area (Å²) in [6, 6.07) is 2.94. The van der Waals surface area contributed by atoms with E-state index in [1.54, 1.807) is 6.26 Å². The Hall–Kier alpha value is -0.470. The maximum Gasteiger partial charge on any atom is 0.321 e. The van der Waals surface area contributed by atoms with Gasteiger partial charge in [0.2, 0.25) is 10.0 Å². The number of benzene rings is 1. The quantitative estimate of drug-likeness (QED) is 0.782. The molecule has 0 fully saturated rings. The van der Waals surface area contributed by atoms with Crippen molar-refractivity contribution >= 4 is 51.0 Å². The smallest absolute Gasteiger partial charge is 0.321 e. The number of halogens is 2. The topological polar surface area (TPSA) is 83.5 Å². The van der Waals surface area contributed by atoms with E-state index >= 15 is 0 Å². The third-order valence-electron chi connectivity index (χ3n) is 2.41. The molecule has 0 saturated heterocycles. The van der Waals surface area contributed by atoms with Crippen LogP contribution in [0.25, 0.3) is 0 Å². The molecular weight excluding hydrogens is 345 g/mol. The van der Waals surface area contributed by atoms with Crippen LogP contribution in [0.15, 0.2) is 23.1 Å². The van der Waals surface area contributed by atoms with Crippen LogP contribution in [0.5, 0.6) is 0 Å². The number of carboxylic acids is 1. The van der Waals surface area contributed by atoms with Crippen molar-refractivity contribution in [2.45, 2.75) is 17.4 Å². The van der Waals surface area contributed by atoms with Gasteiger partial charge in [0.1, 0.15) is 10.9 Å². The van der Waals surface area contributed by atoms with Crippen LogP contribution in [0.4, 0.5) is 0 Å². The SMILES string of the molecule is CSCC[C@@H](NS(=O)(=O)c1cccc(Cl)c1Cl)C(=O)O. The largest absolute Gasteiger partial charge is 0.480 e. The summed E-state index contributed by atoms with van der Waals surface area (Å²) in [5, 5.41) is 9.00. The maximum atomic E-state index is 12.2. The molecule has 20 heavy (non-hydrogen) atoms. The van der Waals surface area contributed by atoms with Gasteiger partial charge in [-0.05, 0) is 30.6 Å². The number of aliphatic carboxylic acids is 1. The minimum Gasteiger partial charge on any atom is -0.480 e. The molecule has 5 nitrogen and oxygen atoms in total. The first-order valence-electron chi connectivity index (χ1n) is 5.47. The molecule has 1 rings (SSSR count). The van der Waals surface area contributed by atoms with Crippen LogP contribution in [0.2, 0.25) is 10.0 Å². The summed E-state index contributed by atoms with van der Waals surface area (Å²) in [6.07, 6.45) is 1.98. The number of nitrogens with one attached hydrogen (secondary N) is 1. The second-order valence-electron chi connectivity index (χ2n) is 3.85. The summed E-state index contributed by atoms with van der Waals surface area (Å²) in [5.74, 6) is -0.719. The van der Waals surface area contributed by atoms with Gasteiger partial charge in [0.25, 0.3) is 0 Å². The average molecular weight is 358 g/mol. The molecule has 1 aromatic carbocycles. The van der Waals surface area contributed by atoms with Gasteiger partial charge in [-0.15, -0.1) is 0 Å². The van der Waals surface area contributed by atoms with Gasteiger partial charge in [0, 0.05) is 0 Å². The number of rotatable bonds is 7. The fraction of sp³-hybridized carbons (Fsp3) is 0.364. The summed E-state index contributed by atoms with van der Waals surface area (Å²) >= 11 is 13.0. The Morgan fingerprint density at radius 3 is 2.65 bits per heavy atom. The van der Waals surface area contributed by atoms with Crippen LogP contribution in [0.1, 0.15) is 6.42 Å². The lowest BCUT2D eigenvalue weighted by Gasteiger charge is -2.15. The van der Waals surface area contributed by atoms with E-state index in [0.717, 1.165) is 0 Å². The van der Waals surface area contributed by atoms with Crippen molar-refractivity contribution < 1.29 is 18.3 Å². The molecule has 0 aliphatic rings. The molecule has 112 valence electrons. The van der Waals surface area contributed by atoms with Gasteiger partial charge in [-0.2, -0.15) is 16.5 Å². The lowest BCUT2D eigenvalue weighted by atomic mass is 10.2. The third-order valence-corrected chi connectivity index (χ3v) is 5.50. The zero-order valence-electron chi connectivity index (χ0n) is 10.5. The number of hydrogen-bond acceptors (Lipinski definition) is 4. The predicted octanol–water partition coefficient (Wildman–Crippen LogP) is 2.48. The highest BCUT2D eigenvalue weighted by Gasteiger charge is 2.27. The minimum atomic E-state index is -4.04. The van der Waals surface area contributed by atoms with Crippen LogP contribution in [0, 0.1) is 0 Å². The summed E-state index contributed by atoms with van der Waals surface area (Å²) in [7, 11) is -4.04. The molecule has 0 spiro atoms. The number of hydrogen-bond donors (Lipinski definition) is 2. The number of thioether (sulfide) groups is 1. The summed E-state index contributed by atoms with van der Waals surface area (Å²) in [4.78, 5) is 10.8. The van der Waals surface area contributed by atoms with Gasteiger partial charge in [0.15, 0.2) is 0 Å². The zero-order valence-corrected chi connectivity index (χ0v) is 13.6. The van der Waals surface area contributed by atoms with E-state index in [9.17, 15) is 13.2 Å². The molecule has 0 bridgehead atoms. The third kappa shape index (κ3) is 4.53. The van der Waals surface area contributed by atoms with Crippen LogP contribution in [0.3, 0.4) is 0 Å². The second kappa shape index (κ2) is 7.51. The Bertz CT molecular complexity index is 592. The van der Waals surface area contributed by atoms with Crippen LogP contribution >= 0.6 is 35.0 Å². The first-order valence-corrected chi connectivity index (χ1v) is 9.11. The Labute approximate surface area is 131 Å². The van der Waals surface area contributed by atoms with Crippen molar-refractivity contribution in [2.24, 2.45) is 0 Å². The minimum absolute atomic E-state index is 0.0885. The van der Waals surface area contributed by atoms with Gasteiger partial charge >= 0.3 is 5.97 Å². The number of carbonyl (C=O) groups is 1. The van der Waals surface area contributed by atoms with Crippen LogP contribution in [-0.4, -0.2) is 37.5 Å². The molecule has 0 saturated carbocycles. The molecule has 0 aromatic heterocycles. The molecule has 0 aliphatic heterocycles. The molecule has 1 atom stereocenters. The van der Waals surface area contributed by atoms with Gasteiger partial charge < -0.3 is 5.11 Å². The van der Waals surface area contributed by atoms with E-state index in [-0.39, 0.29) is 21.4 Å². The second-order valence-corrected chi connectivity index (χ2v) is 7.30. The molecule has 2 N–H and O–H groups in total. The van der Waals surface area contributed by atoms with Crippen LogP contribution in [-0.2, 0) is 14.8 Å². The highest BCUT2D eigenvalue weighted by molar-refractivity contribution is 7.98. The average Bonchev–Trinajstić information content (AvgIpc) is 2.37. The molecule has 0 radical (unpaired) electrons. The standard InChI is InChI=1S/C11H13Cl2NO4S2/c1-19-6-5-8(11(15)16)14-20(17,18)9-4-2-3-7(12)10(9)13/h2-4,8,14H,5-6H2,1H3,(H,15,16)/t8-/m1/s1. The molecule has 0 amide bonds. The Morgan fingerprint density at radius 2 is 2.10 bits per heavy atom. The molecule has 0 aliphatic carbocycles. The molecule has 0 heterocycles. The van der Waals surface area contributed by atoms with Crippen LogP contribution < -0.4 is 4.72 Å². The lowest BCUT2D eigenvalue weighted by molar-refractivity contribution is -0.139. The number of carboxylic acid groups (broad SMARTS) is 1. The first-order chi connectivity index (χ1) is 9.29. The Morgan fingerprint density at radius 1 is 1.45 bits per heavy atom. The van der Waals surface area contributed by atoms with E-state index in [4.69, 9.17) is 28.3 Å². The van der Waals surface area contributed by atoms with Gasteiger partial charge in [-0.3, -0.25) is 4.79 Å². The zero-order chi connectivity index (χ0) is 15.3. The van der Waals surface area contributed by atoms with E-state index in [1.807, 2.05) is 0 Å². The normalized spacial score (nSPS) is 13.2. The van der Waals surface area contributed by atoms with Crippen molar-refractivity contribution in [3.05, 3.63) is 28.2 Å². The van der Waals surface area contributed by atoms with E-state index in [0.29, 0.717) is 5.75 Å². The van der Waals surface area contributed by atoms with Gasteiger partial charge in [0.05, 0.1) is 10.0 Å². The lowest BCUT2D eigenvalue weighted by Crippen LogP contribution is -2.41. The molecule has 1 aromatic rings. The maximum absolute atomic E-state index is 12.2. The van der Waals surface area contributed by atoms with E-state index in [2.05, 4.69) is 4.72 Å². The van der Waals surface area contributed by atoms with Crippen molar-refractivity contribution in [3.63, 3.8) is 0 Å². The number of sulfonamides is 1. The highest BCUT2D eigenvalue weighted by Crippen LogP contribution is 2.29. The fourth-order valence-electron chi connectivity index (χ4n) is 1.41. The molecular formula is C11H13Cl2NO4S2. The van der Waals surface area contributed by atoms with E-state index in [1.165, 1.54) is 30.0 Å². The molecule has 9 heteroatoms. The Balaban J connectivity index is 3.04. The monoisotopic (exact) mass is 357 g/mol.